The molecule has 0 radical (unpaired) electrons. The van der Waals surface area contributed by atoms with Crippen LogP contribution in [0.15, 0.2) is 24.3 Å². The van der Waals surface area contributed by atoms with E-state index in [1.54, 1.807) is 21.3 Å². The van der Waals surface area contributed by atoms with E-state index in [4.69, 9.17) is 14.2 Å². The van der Waals surface area contributed by atoms with Gasteiger partial charge in [0.25, 0.3) is 0 Å². The molecule has 1 fully saturated rings. The van der Waals surface area contributed by atoms with E-state index in [2.05, 4.69) is 46.8 Å². The molecule has 6 heteroatoms. The van der Waals surface area contributed by atoms with Crippen molar-refractivity contribution in [2.75, 3.05) is 52.4 Å². The van der Waals surface area contributed by atoms with E-state index in [0.717, 1.165) is 55.4 Å². The van der Waals surface area contributed by atoms with Crippen molar-refractivity contribution in [2.24, 2.45) is 0 Å². The van der Waals surface area contributed by atoms with Gasteiger partial charge in [-0.3, -0.25) is 9.88 Å². The highest BCUT2D eigenvalue weighted by molar-refractivity contribution is 5.56. The molecule has 2 aromatic rings. The Balaban J connectivity index is 1.69. The van der Waals surface area contributed by atoms with E-state index in [1.165, 1.54) is 5.69 Å². The predicted octanol–water partition coefficient (Wildman–Crippen LogP) is 3.05. The Labute approximate surface area is 161 Å². The van der Waals surface area contributed by atoms with E-state index < -0.39 is 0 Å². The number of pyridine rings is 1. The summed E-state index contributed by atoms with van der Waals surface area (Å²) in [5.41, 5.74) is 4.52. The monoisotopic (exact) mass is 371 g/mol. The zero-order valence-corrected chi connectivity index (χ0v) is 16.9. The number of benzene rings is 1. The Morgan fingerprint density at radius 2 is 1.48 bits per heavy atom. The fourth-order valence-corrected chi connectivity index (χ4v) is 3.69. The molecule has 0 spiro atoms. The average molecular weight is 371 g/mol. The molecule has 1 aromatic carbocycles. The molecule has 0 bridgehead atoms. The van der Waals surface area contributed by atoms with Crippen molar-refractivity contribution in [2.45, 2.75) is 20.4 Å². The van der Waals surface area contributed by atoms with Gasteiger partial charge in [0.2, 0.25) is 5.75 Å². The largest absolute Gasteiger partial charge is 0.493 e. The minimum Gasteiger partial charge on any atom is -0.493 e. The Morgan fingerprint density at radius 1 is 0.852 bits per heavy atom. The van der Waals surface area contributed by atoms with Crippen molar-refractivity contribution in [3.8, 4) is 17.2 Å². The molecule has 0 saturated carbocycles. The minimum atomic E-state index is 0.652. The summed E-state index contributed by atoms with van der Waals surface area (Å²) in [5, 5.41) is 0. The van der Waals surface area contributed by atoms with Crippen molar-refractivity contribution < 1.29 is 14.2 Å². The van der Waals surface area contributed by atoms with Crippen LogP contribution in [0.1, 0.15) is 17.0 Å². The summed E-state index contributed by atoms with van der Waals surface area (Å²) in [5.74, 6) is 2.09. The SMILES string of the molecule is COc1ccc(CN2CCN(c3cc(C)nc(C)c3)CC2)c(OC)c1OC. The first-order valence-electron chi connectivity index (χ1n) is 9.26. The van der Waals surface area contributed by atoms with Crippen LogP contribution in [0.25, 0.3) is 0 Å². The third kappa shape index (κ3) is 4.27. The second kappa shape index (κ2) is 8.48. The van der Waals surface area contributed by atoms with Gasteiger partial charge in [-0.2, -0.15) is 0 Å². The fraction of sp³-hybridized carbons (Fsp3) is 0.476. The summed E-state index contributed by atoms with van der Waals surface area (Å²) in [6, 6.07) is 8.33. The number of rotatable bonds is 6. The summed E-state index contributed by atoms with van der Waals surface area (Å²) in [6.45, 7) is 8.92. The van der Waals surface area contributed by atoms with Crippen molar-refractivity contribution in [1.82, 2.24) is 9.88 Å². The molecule has 0 amide bonds. The van der Waals surface area contributed by atoms with Crippen LogP contribution in [0, 0.1) is 13.8 Å². The number of hydrogen-bond donors (Lipinski definition) is 0. The zero-order chi connectivity index (χ0) is 19.4. The van der Waals surface area contributed by atoms with E-state index >= 15 is 0 Å². The number of anilines is 1. The molecular weight excluding hydrogens is 342 g/mol. The lowest BCUT2D eigenvalue weighted by molar-refractivity contribution is 0.243. The Bertz CT molecular complexity index is 766. The van der Waals surface area contributed by atoms with Crippen LogP contribution in [0.5, 0.6) is 17.2 Å². The van der Waals surface area contributed by atoms with Gasteiger partial charge >= 0.3 is 0 Å². The maximum absolute atomic E-state index is 5.62. The molecule has 1 aromatic heterocycles. The van der Waals surface area contributed by atoms with Crippen molar-refractivity contribution in [3.63, 3.8) is 0 Å². The number of methoxy groups -OCH3 is 3. The highest BCUT2D eigenvalue weighted by Gasteiger charge is 2.21. The van der Waals surface area contributed by atoms with Crippen LogP contribution < -0.4 is 19.1 Å². The summed E-state index contributed by atoms with van der Waals surface area (Å²) >= 11 is 0. The summed E-state index contributed by atoms with van der Waals surface area (Å²) in [6.07, 6.45) is 0. The molecule has 3 rings (SSSR count). The number of aromatic nitrogens is 1. The highest BCUT2D eigenvalue weighted by atomic mass is 16.5. The summed E-state index contributed by atoms with van der Waals surface area (Å²) in [4.78, 5) is 9.36. The highest BCUT2D eigenvalue weighted by Crippen LogP contribution is 2.40. The number of nitrogens with zero attached hydrogens (tertiary/aromatic N) is 3. The van der Waals surface area contributed by atoms with E-state index in [0.29, 0.717) is 11.5 Å². The smallest absolute Gasteiger partial charge is 0.203 e. The molecule has 0 aliphatic carbocycles. The van der Waals surface area contributed by atoms with Gasteiger partial charge in [-0.15, -0.1) is 0 Å². The lowest BCUT2D eigenvalue weighted by Gasteiger charge is -2.36. The summed E-state index contributed by atoms with van der Waals surface area (Å²) < 4.78 is 16.5. The zero-order valence-electron chi connectivity index (χ0n) is 16.9. The van der Waals surface area contributed by atoms with Gasteiger partial charge in [0.15, 0.2) is 11.5 Å². The van der Waals surface area contributed by atoms with Gasteiger partial charge in [-0.25, -0.2) is 0 Å². The van der Waals surface area contributed by atoms with Gasteiger partial charge in [-0.05, 0) is 32.0 Å². The van der Waals surface area contributed by atoms with Crippen LogP contribution in [0.2, 0.25) is 0 Å². The first-order chi connectivity index (χ1) is 13.0. The maximum Gasteiger partial charge on any atom is 0.203 e. The second-order valence-corrected chi connectivity index (χ2v) is 6.86. The molecule has 1 saturated heterocycles. The van der Waals surface area contributed by atoms with Crippen LogP contribution in [-0.4, -0.2) is 57.4 Å². The van der Waals surface area contributed by atoms with Crippen LogP contribution in [-0.2, 0) is 6.54 Å². The predicted molar refractivity (Wildman–Crippen MR) is 107 cm³/mol. The first-order valence-corrected chi connectivity index (χ1v) is 9.26. The average Bonchev–Trinajstić information content (AvgIpc) is 2.67. The topological polar surface area (TPSA) is 47.1 Å². The second-order valence-electron chi connectivity index (χ2n) is 6.86. The molecule has 6 nitrogen and oxygen atoms in total. The molecule has 2 heterocycles. The third-order valence-corrected chi connectivity index (χ3v) is 4.98. The number of ether oxygens (including phenoxy) is 3. The minimum absolute atomic E-state index is 0.652. The standard InChI is InChI=1S/C21H29N3O3/c1-15-12-18(13-16(2)22-15)24-10-8-23(9-11-24)14-17-6-7-19(25-3)21(27-5)20(17)26-4/h6-7,12-13H,8-11,14H2,1-5H3. The Hall–Kier alpha value is -2.47. The lowest BCUT2D eigenvalue weighted by Crippen LogP contribution is -2.46. The first kappa shape index (κ1) is 19.3. The molecule has 146 valence electrons. The van der Waals surface area contributed by atoms with Gasteiger partial charge < -0.3 is 19.1 Å². The Morgan fingerprint density at radius 3 is 2.04 bits per heavy atom. The summed E-state index contributed by atoms with van der Waals surface area (Å²) in [7, 11) is 4.95. The molecule has 0 atom stereocenters. The lowest BCUT2D eigenvalue weighted by atomic mass is 10.1. The van der Waals surface area contributed by atoms with E-state index in [9.17, 15) is 0 Å². The molecular formula is C21H29N3O3. The van der Waals surface area contributed by atoms with E-state index in [-0.39, 0.29) is 0 Å². The number of aryl methyl sites for hydroxylation is 2. The molecule has 0 unspecified atom stereocenters. The quantitative estimate of drug-likeness (QED) is 0.778. The number of piperazine rings is 1. The van der Waals surface area contributed by atoms with Gasteiger partial charge in [-0.1, -0.05) is 6.07 Å². The molecule has 27 heavy (non-hydrogen) atoms. The van der Waals surface area contributed by atoms with Gasteiger partial charge in [0.1, 0.15) is 0 Å². The van der Waals surface area contributed by atoms with Crippen LogP contribution in [0.4, 0.5) is 5.69 Å². The fourth-order valence-electron chi connectivity index (χ4n) is 3.69. The van der Waals surface area contributed by atoms with Crippen molar-refractivity contribution >= 4 is 5.69 Å². The normalized spacial score (nSPS) is 14.9. The van der Waals surface area contributed by atoms with Gasteiger partial charge in [0, 0.05) is 55.4 Å². The third-order valence-electron chi connectivity index (χ3n) is 4.98. The maximum atomic E-state index is 5.62. The molecule has 1 aliphatic heterocycles. The number of hydrogen-bond acceptors (Lipinski definition) is 6. The van der Waals surface area contributed by atoms with Crippen molar-refractivity contribution in [1.29, 1.82) is 0 Å². The van der Waals surface area contributed by atoms with E-state index in [1.807, 2.05) is 6.07 Å². The van der Waals surface area contributed by atoms with Gasteiger partial charge in [0.05, 0.1) is 21.3 Å². The Kier molecular flexibility index (Phi) is 6.06. The van der Waals surface area contributed by atoms with Crippen molar-refractivity contribution in [3.05, 3.63) is 41.2 Å². The molecule has 1 aliphatic rings. The van der Waals surface area contributed by atoms with Crippen LogP contribution in [0.3, 0.4) is 0 Å². The van der Waals surface area contributed by atoms with Crippen LogP contribution >= 0.6 is 0 Å². The molecule has 0 N–H and O–H groups in total.